The highest BCUT2D eigenvalue weighted by Crippen LogP contribution is 2.41. The van der Waals surface area contributed by atoms with Crippen LogP contribution in [0.4, 0.5) is 23.5 Å². The van der Waals surface area contributed by atoms with E-state index in [0.29, 0.717) is 57.2 Å². The molecule has 0 fully saturated rings. The Kier molecular flexibility index (Phi) is 13.6. The number of rotatable bonds is 16. The largest absolute Gasteiger partial charge is 0.361 e. The number of fused-ring (bicyclic) bond motifs is 2. The molecule has 6 aromatic carbocycles. The molecule has 0 atom stereocenters. The van der Waals surface area contributed by atoms with Crippen LogP contribution in [0.1, 0.15) is 44.5 Å². The molecule has 356 valence electrons. The monoisotopic (exact) mass is 988 g/mol. The Balaban J connectivity index is 1.13. The summed E-state index contributed by atoms with van der Waals surface area (Å²) < 4.78 is 106. The Labute approximate surface area is 401 Å². The Hall–Kier alpha value is -6.87. The van der Waals surface area contributed by atoms with Crippen LogP contribution in [0.2, 0.25) is 0 Å². The highest BCUT2D eigenvalue weighted by atomic mass is 32.2. The summed E-state index contributed by atoms with van der Waals surface area (Å²) in [6, 6.07) is 33.2. The summed E-state index contributed by atoms with van der Waals surface area (Å²) in [4.78, 5) is 14.4. The van der Waals surface area contributed by atoms with Crippen molar-refractivity contribution < 1.29 is 38.8 Å². The van der Waals surface area contributed by atoms with Crippen molar-refractivity contribution in [1.82, 2.24) is 19.7 Å². The maximum absolute atomic E-state index is 14.4. The predicted octanol–water partition coefficient (Wildman–Crippen LogP) is 8.83. The molecule has 0 aliphatic carbocycles. The SMILES string of the molecule is Cc1cccc(C)c1Cc1ccc2c(-c3ccccc3S(=O)(=O)NCCNc3nc(Nc4cccc(S(=O)(=O)O)c4)nc(N(C)C)n3)c3ccc(Cc4c(C)ccc(S(=O)(=O)O)c4C)cc3[o+]c2c1. The summed E-state index contributed by atoms with van der Waals surface area (Å²) in [5.41, 5.74) is 9.77. The summed E-state index contributed by atoms with van der Waals surface area (Å²) >= 11 is 0. The number of aromatic nitrogens is 3. The zero-order chi connectivity index (χ0) is 49.4. The van der Waals surface area contributed by atoms with E-state index in [-0.39, 0.29) is 45.6 Å². The Bertz CT molecular complexity index is 3640. The molecule has 0 amide bonds. The first-order chi connectivity index (χ1) is 32.7. The smallest absolute Gasteiger partial charge is 0.353 e. The van der Waals surface area contributed by atoms with Gasteiger partial charge in [0.05, 0.1) is 25.5 Å². The quantitative estimate of drug-likeness (QED) is 0.0263. The van der Waals surface area contributed by atoms with Gasteiger partial charge in [-0.25, -0.2) is 17.6 Å². The molecule has 0 bridgehead atoms. The Morgan fingerprint density at radius 3 is 1.84 bits per heavy atom. The normalized spacial score (nSPS) is 12.1. The zero-order valence-electron chi connectivity index (χ0n) is 38.6. The van der Waals surface area contributed by atoms with Gasteiger partial charge in [-0.05, 0) is 128 Å². The van der Waals surface area contributed by atoms with Crippen LogP contribution in [0.5, 0.6) is 0 Å². The van der Waals surface area contributed by atoms with Crippen LogP contribution in [0.15, 0.2) is 134 Å². The molecule has 0 aliphatic rings. The average molecular weight is 989 g/mol. The zero-order valence-corrected chi connectivity index (χ0v) is 41.0. The van der Waals surface area contributed by atoms with Gasteiger partial charge < -0.3 is 15.5 Å². The molecule has 16 nitrogen and oxygen atoms in total. The third-order valence-corrected chi connectivity index (χ3v) is 15.2. The van der Waals surface area contributed by atoms with Crippen molar-refractivity contribution in [3.63, 3.8) is 0 Å². The van der Waals surface area contributed by atoms with E-state index in [2.05, 4.69) is 56.3 Å². The number of aryl methyl sites for hydroxylation is 3. The second-order valence-corrected chi connectivity index (χ2v) is 21.5. The Morgan fingerprint density at radius 2 is 1.20 bits per heavy atom. The Morgan fingerprint density at radius 1 is 0.594 bits per heavy atom. The van der Waals surface area contributed by atoms with Crippen LogP contribution in [0.3, 0.4) is 0 Å². The summed E-state index contributed by atoms with van der Waals surface area (Å²) in [7, 11) is -9.65. The van der Waals surface area contributed by atoms with Gasteiger partial charge in [0.15, 0.2) is 0 Å². The standard InChI is InChI=1S/C50H49N7O9S3/c1-30-11-9-12-31(2)41(30)25-34-18-20-38-43(27-34)66-44-28-35(26-42-32(3)17-22-45(33(42)4)69(63,64)65)19-21-39(44)47(38)40-15-7-8-16-46(40)67(58,59)52-24-23-51-48-54-49(56-50(55-48)57(5)6)53-36-13-10-14-37(29-36)68(60,61)62/h7-22,27-29,52H,23-26H2,1-6H3,(H3-,51,53,54,55,56,60,61,62,63,64,65)/p+1. The van der Waals surface area contributed by atoms with Crippen LogP contribution in [0.25, 0.3) is 33.1 Å². The average Bonchev–Trinajstić information content (AvgIpc) is 3.29. The van der Waals surface area contributed by atoms with Crippen molar-refractivity contribution in [1.29, 1.82) is 0 Å². The first-order valence-corrected chi connectivity index (χ1v) is 26.1. The first-order valence-electron chi connectivity index (χ1n) is 21.7. The van der Waals surface area contributed by atoms with E-state index in [0.717, 1.165) is 33.4 Å². The number of sulfonamides is 1. The van der Waals surface area contributed by atoms with Crippen molar-refractivity contribution in [3.8, 4) is 11.1 Å². The molecule has 0 unspecified atom stereocenters. The molecule has 0 radical (unpaired) electrons. The van der Waals surface area contributed by atoms with Crippen molar-refractivity contribution in [2.45, 2.75) is 55.2 Å². The molecule has 8 aromatic rings. The third-order valence-electron chi connectivity index (χ3n) is 11.9. The second kappa shape index (κ2) is 19.3. The van der Waals surface area contributed by atoms with Gasteiger partial charge in [0, 0.05) is 56.1 Å². The molecule has 0 saturated heterocycles. The minimum atomic E-state index is -4.46. The highest BCUT2D eigenvalue weighted by Gasteiger charge is 2.27. The molecular formula is C50H50N7O9S3+. The van der Waals surface area contributed by atoms with Gasteiger partial charge in [-0.3, -0.25) is 9.11 Å². The molecule has 2 heterocycles. The summed E-state index contributed by atoms with van der Waals surface area (Å²) in [5.74, 6) is 0.430. The van der Waals surface area contributed by atoms with Crippen molar-refractivity contribution in [2.75, 3.05) is 42.7 Å². The maximum Gasteiger partial charge on any atom is 0.361 e. The topological polar surface area (TPSA) is 232 Å². The number of nitrogens with one attached hydrogen (secondary N) is 3. The van der Waals surface area contributed by atoms with Gasteiger partial charge in [0.25, 0.3) is 20.2 Å². The molecule has 0 saturated carbocycles. The summed E-state index contributed by atoms with van der Waals surface area (Å²) in [6.45, 7) is 7.70. The van der Waals surface area contributed by atoms with Gasteiger partial charge in [0.1, 0.15) is 0 Å². The van der Waals surface area contributed by atoms with E-state index in [9.17, 15) is 34.4 Å². The molecule has 69 heavy (non-hydrogen) atoms. The van der Waals surface area contributed by atoms with E-state index in [1.165, 1.54) is 29.8 Å². The number of anilines is 4. The minimum Gasteiger partial charge on any atom is -0.353 e. The first kappa shape index (κ1) is 48.6. The number of hydrogen-bond donors (Lipinski definition) is 5. The van der Waals surface area contributed by atoms with Gasteiger partial charge in [-0.1, -0.05) is 60.7 Å². The van der Waals surface area contributed by atoms with E-state index in [1.54, 1.807) is 62.3 Å². The van der Waals surface area contributed by atoms with Gasteiger partial charge in [-0.15, -0.1) is 0 Å². The van der Waals surface area contributed by atoms with E-state index < -0.39 is 30.3 Å². The number of hydrogen-bond acceptors (Lipinski definition) is 12. The van der Waals surface area contributed by atoms with Gasteiger partial charge in [0.2, 0.25) is 27.9 Å². The van der Waals surface area contributed by atoms with Crippen LogP contribution < -0.4 is 20.3 Å². The molecule has 19 heteroatoms. The fourth-order valence-electron chi connectivity index (χ4n) is 8.36. The number of nitrogens with zero attached hydrogens (tertiary/aromatic N) is 4. The fraction of sp³-hybridized carbons (Fsp3) is 0.200. The van der Waals surface area contributed by atoms with E-state index in [1.807, 2.05) is 49.4 Å². The lowest BCUT2D eigenvalue weighted by atomic mass is 9.92. The molecule has 0 spiro atoms. The fourth-order valence-corrected chi connectivity index (χ4v) is 10.9. The molecule has 2 aromatic heterocycles. The molecule has 0 aliphatic heterocycles. The van der Waals surface area contributed by atoms with Crippen LogP contribution >= 0.6 is 0 Å². The lowest BCUT2D eigenvalue weighted by Crippen LogP contribution is -2.29. The third kappa shape index (κ3) is 10.7. The predicted molar refractivity (Wildman–Crippen MR) is 268 cm³/mol. The summed E-state index contributed by atoms with van der Waals surface area (Å²) in [6.07, 6.45) is 0.978. The van der Waals surface area contributed by atoms with Gasteiger partial charge in [-0.2, -0.15) is 31.8 Å². The van der Waals surface area contributed by atoms with Crippen molar-refractivity contribution >= 4 is 75.7 Å². The maximum atomic E-state index is 14.4. The molecule has 5 N–H and O–H groups in total. The van der Waals surface area contributed by atoms with Crippen LogP contribution in [-0.4, -0.2) is 76.5 Å². The lowest BCUT2D eigenvalue weighted by Gasteiger charge is -2.16. The van der Waals surface area contributed by atoms with Crippen molar-refractivity contribution in [2.24, 2.45) is 0 Å². The highest BCUT2D eigenvalue weighted by molar-refractivity contribution is 7.89. The van der Waals surface area contributed by atoms with Crippen LogP contribution in [-0.2, 0) is 43.1 Å². The second-order valence-electron chi connectivity index (χ2n) is 16.9. The minimum absolute atomic E-state index is 0.0319. The van der Waals surface area contributed by atoms with Crippen LogP contribution in [0, 0.1) is 27.7 Å². The van der Waals surface area contributed by atoms with E-state index >= 15 is 0 Å². The molecular weight excluding hydrogens is 939 g/mol. The lowest BCUT2D eigenvalue weighted by molar-refractivity contribution is 0.480. The van der Waals surface area contributed by atoms with Crippen molar-refractivity contribution in [3.05, 3.63) is 160 Å². The summed E-state index contributed by atoms with van der Waals surface area (Å²) in [5, 5.41) is 7.32. The van der Waals surface area contributed by atoms with E-state index in [4.69, 9.17) is 4.42 Å². The van der Waals surface area contributed by atoms with Gasteiger partial charge >= 0.3 is 11.2 Å². The number of benzene rings is 6. The molecule has 8 rings (SSSR count).